The van der Waals surface area contributed by atoms with Gasteiger partial charge in [0.15, 0.2) is 5.82 Å². The summed E-state index contributed by atoms with van der Waals surface area (Å²) in [5.41, 5.74) is 0.986. The number of nitrogens with one attached hydrogen (secondary N) is 1. The van der Waals surface area contributed by atoms with Crippen molar-refractivity contribution >= 4 is 5.91 Å². The molecule has 1 unspecified atom stereocenters. The van der Waals surface area contributed by atoms with Crippen molar-refractivity contribution in [2.45, 2.75) is 32.5 Å². The van der Waals surface area contributed by atoms with Gasteiger partial charge in [-0.15, -0.1) is 10.2 Å². The van der Waals surface area contributed by atoms with Gasteiger partial charge < -0.3 is 28.8 Å². The third kappa shape index (κ3) is 4.81. The van der Waals surface area contributed by atoms with E-state index in [1.165, 1.54) is 0 Å². The summed E-state index contributed by atoms with van der Waals surface area (Å²) in [7, 11) is 4.93. The van der Waals surface area contributed by atoms with Gasteiger partial charge in [0.1, 0.15) is 23.1 Å². The zero-order chi connectivity index (χ0) is 22.5. The fourth-order valence-electron chi connectivity index (χ4n) is 4.22. The van der Waals surface area contributed by atoms with Crippen LogP contribution in [-0.4, -0.2) is 73.2 Å². The Labute approximate surface area is 187 Å². The summed E-state index contributed by atoms with van der Waals surface area (Å²) in [5, 5.41) is 11.7. The van der Waals surface area contributed by atoms with E-state index in [9.17, 15) is 4.79 Å². The Hall–Kier alpha value is -2.85. The number of rotatable bonds is 8. The molecule has 0 bridgehead atoms. The lowest BCUT2D eigenvalue weighted by Crippen LogP contribution is -2.32. The molecule has 1 N–H and O–H groups in total. The van der Waals surface area contributed by atoms with E-state index >= 15 is 0 Å². The van der Waals surface area contributed by atoms with Crippen molar-refractivity contribution in [1.29, 1.82) is 0 Å². The molecule has 1 fully saturated rings. The Morgan fingerprint density at radius 1 is 1.12 bits per heavy atom. The highest BCUT2D eigenvalue weighted by Crippen LogP contribution is 2.35. The highest BCUT2D eigenvalue weighted by Gasteiger charge is 2.25. The molecule has 0 radical (unpaired) electrons. The maximum absolute atomic E-state index is 12.3. The van der Waals surface area contributed by atoms with E-state index in [0.29, 0.717) is 32.1 Å². The van der Waals surface area contributed by atoms with Gasteiger partial charge >= 0.3 is 0 Å². The van der Waals surface area contributed by atoms with Crippen LogP contribution in [0.25, 0.3) is 0 Å². The minimum absolute atomic E-state index is 0.0220. The molecule has 1 saturated heterocycles. The van der Waals surface area contributed by atoms with Gasteiger partial charge in [0.05, 0.1) is 46.0 Å². The van der Waals surface area contributed by atoms with Crippen LogP contribution in [0, 0.1) is 5.92 Å². The van der Waals surface area contributed by atoms with Crippen LogP contribution >= 0.6 is 0 Å². The molecule has 2 aliphatic rings. The molecular weight excluding hydrogens is 414 g/mol. The maximum Gasteiger partial charge on any atom is 0.225 e. The number of fused-ring (bicyclic) bond motifs is 1. The highest BCUT2D eigenvalue weighted by atomic mass is 16.5. The molecule has 32 heavy (non-hydrogen) atoms. The average molecular weight is 446 g/mol. The van der Waals surface area contributed by atoms with E-state index in [-0.39, 0.29) is 11.8 Å². The Balaban J connectivity index is 1.41. The van der Waals surface area contributed by atoms with Crippen LogP contribution in [0.15, 0.2) is 12.1 Å². The van der Waals surface area contributed by atoms with Gasteiger partial charge in [0.2, 0.25) is 5.91 Å². The predicted molar refractivity (Wildman–Crippen MR) is 116 cm³/mol. The van der Waals surface area contributed by atoms with Crippen LogP contribution in [0.3, 0.4) is 0 Å². The van der Waals surface area contributed by atoms with E-state index in [1.807, 2.05) is 12.1 Å². The standard InChI is InChI=1S/C22H31N5O5/c1-29-16-10-18(30-2)17(19(11-16)31-3)13-26-6-4-20-24-25-21(27(20)8-7-26)12-23-22(28)15-5-9-32-14-15/h10-11,15H,4-9,12-14H2,1-3H3,(H,23,28). The van der Waals surface area contributed by atoms with Gasteiger partial charge in [-0.2, -0.15) is 0 Å². The lowest BCUT2D eigenvalue weighted by atomic mass is 10.1. The van der Waals surface area contributed by atoms with Gasteiger partial charge in [0, 0.05) is 51.3 Å². The first kappa shape index (κ1) is 22.3. The van der Waals surface area contributed by atoms with Gasteiger partial charge in [-0.25, -0.2) is 0 Å². The summed E-state index contributed by atoms with van der Waals surface area (Å²) in [5.74, 6) is 3.86. The lowest BCUT2D eigenvalue weighted by Gasteiger charge is -2.23. The van der Waals surface area contributed by atoms with E-state index in [0.717, 1.165) is 61.2 Å². The van der Waals surface area contributed by atoms with Crippen LogP contribution in [0.2, 0.25) is 0 Å². The SMILES string of the molecule is COc1cc(OC)c(CN2CCc3nnc(CNC(=O)C4CCOC4)n3CC2)c(OC)c1. The number of hydrogen-bond donors (Lipinski definition) is 1. The van der Waals surface area contributed by atoms with Crippen molar-refractivity contribution < 1.29 is 23.7 Å². The van der Waals surface area contributed by atoms with Gasteiger partial charge in [0.25, 0.3) is 0 Å². The molecule has 0 saturated carbocycles. The van der Waals surface area contributed by atoms with Crippen LogP contribution in [0.5, 0.6) is 17.2 Å². The van der Waals surface area contributed by atoms with Gasteiger partial charge in [-0.3, -0.25) is 9.69 Å². The van der Waals surface area contributed by atoms with Crippen LogP contribution < -0.4 is 19.5 Å². The highest BCUT2D eigenvalue weighted by molar-refractivity contribution is 5.78. The molecule has 2 aliphatic heterocycles. The molecule has 1 atom stereocenters. The van der Waals surface area contributed by atoms with Gasteiger partial charge in [-0.1, -0.05) is 0 Å². The largest absolute Gasteiger partial charge is 0.496 e. The zero-order valence-corrected chi connectivity index (χ0v) is 18.9. The number of nitrogens with zero attached hydrogens (tertiary/aromatic N) is 4. The van der Waals surface area contributed by atoms with Crippen molar-refractivity contribution in [3.63, 3.8) is 0 Å². The van der Waals surface area contributed by atoms with Crippen molar-refractivity contribution in [2.75, 3.05) is 47.6 Å². The molecule has 3 heterocycles. The van der Waals surface area contributed by atoms with Gasteiger partial charge in [-0.05, 0) is 6.42 Å². The minimum Gasteiger partial charge on any atom is -0.496 e. The smallest absolute Gasteiger partial charge is 0.225 e. The first-order valence-electron chi connectivity index (χ1n) is 10.9. The average Bonchev–Trinajstić information content (AvgIpc) is 3.45. The second-order valence-electron chi connectivity index (χ2n) is 8.00. The van der Waals surface area contributed by atoms with Crippen molar-refractivity contribution in [2.24, 2.45) is 5.92 Å². The fourth-order valence-corrected chi connectivity index (χ4v) is 4.22. The molecular formula is C22H31N5O5. The van der Waals surface area contributed by atoms with E-state index in [2.05, 4.69) is 25.0 Å². The number of carbonyl (C=O) groups excluding carboxylic acids is 1. The number of carbonyl (C=O) groups is 1. The molecule has 10 nitrogen and oxygen atoms in total. The summed E-state index contributed by atoms with van der Waals surface area (Å²) in [6, 6.07) is 3.75. The molecule has 1 aromatic carbocycles. The van der Waals surface area contributed by atoms with Crippen molar-refractivity contribution in [3.8, 4) is 17.2 Å². The summed E-state index contributed by atoms with van der Waals surface area (Å²) in [4.78, 5) is 14.7. The predicted octanol–water partition coefficient (Wildman–Crippen LogP) is 1.01. The number of methoxy groups -OCH3 is 3. The zero-order valence-electron chi connectivity index (χ0n) is 18.9. The van der Waals surface area contributed by atoms with Crippen LogP contribution in [0.1, 0.15) is 23.6 Å². The summed E-state index contributed by atoms with van der Waals surface area (Å²) in [6.45, 7) is 4.61. The van der Waals surface area contributed by atoms with Crippen molar-refractivity contribution in [3.05, 3.63) is 29.3 Å². The molecule has 0 aliphatic carbocycles. The molecule has 2 aromatic rings. The monoisotopic (exact) mass is 445 g/mol. The third-order valence-electron chi connectivity index (χ3n) is 6.12. The van der Waals surface area contributed by atoms with E-state index in [4.69, 9.17) is 18.9 Å². The van der Waals surface area contributed by atoms with E-state index in [1.54, 1.807) is 21.3 Å². The quantitative estimate of drug-likeness (QED) is 0.643. The number of hydrogen-bond acceptors (Lipinski definition) is 8. The van der Waals surface area contributed by atoms with Crippen LogP contribution in [-0.2, 0) is 35.6 Å². The number of aromatic nitrogens is 3. The summed E-state index contributed by atoms with van der Waals surface area (Å²) < 4.78 is 24.0. The number of amides is 1. The first-order valence-corrected chi connectivity index (χ1v) is 10.9. The lowest BCUT2D eigenvalue weighted by molar-refractivity contribution is -0.125. The topological polar surface area (TPSA) is 100.0 Å². The molecule has 174 valence electrons. The second kappa shape index (κ2) is 10.2. The summed E-state index contributed by atoms with van der Waals surface area (Å²) >= 11 is 0. The molecule has 10 heteroatoms. The normalized spacial score (nSPS) is 18.7. The maximum atomic E-state index is 12.3. The minimum atomic E-state index is -0.0634. The number of benzene rings is 1. The van der Waals surface area contributed by atoms with E-state index < -0.39 is 0 Å². The Morgan fingerprint density at radius 3 is 2.56 bits per heavy atom. The Bertz CT molecular complexity index is 916. The molecule has 4 rings (SSSR count). The Morgan fingerprint density at radius 2 is 1.91 bits per heavy atom. The second-order valence-corrected chi connectivity index (χ2v) is 8.00. The molecule has 1 aromatic heterocycles. The Kier molecular flexibility index (Phi) is 7.11. The molecule has 0 spiro atoms. The number of ether oxygens (including phenoxy) is 4. The third-order valence-corrected chi connectivity index (χ3v) is 6.12. The molecule has 1 amide bonds. The van der Waals surface area contributed by atoms with Crippen LogP contribution in [0.4, 0.5) is 0 Å². The first-order chi connectivity index (χ1) is 15.6. The fraction of sp³-hybridized carbons (Fsp3) is 0.591. The summed E-state index contributed by atoms with van der Waals surface area (Å²) in [6.07, 6.45) is 1.55. The van der Waals surface area contributed by atoms with Crippen molar-refractivity contribution in [1.82, 2.24) is 25.0 Å².